The van der Waals surface area contributed by atoms with Crippen molar-refractivity contribution in [2.75, 3.05) is 0 Å². The maximum absolute atomic E-state index is 11.0. The zero-order valence-electron chi connectivity index (χ0n) is 10.6. The van der Waals surface area contributed by atoms with Gasteiger partial charge in [0.05, 0.1) is 6.42 Å². The first kappa shape index (κ1) is 15.6. The summed E-state index contributed by atoms with van der Waals surface area (Å²) in [6.45, 7) is 3.47. The van der Waals surface area contributed by atoms with E-state index in [1.54, 1.807) is 0 Å². The molecular weight excluding hydrogens is 244 g/mol. The highest BCUT2D eigenvalue weighted by molar-refractivity contribution is 6.08. The van der Waals surface area contributed by atoms with Crippen LogP contribution in [0, 0.1) is 0 Å². The SMILES string of the molecule is CC(=O)OC(CCC[SiH3])(OC(C)=O)OC(C)=O. The molecule has 0 bridgehead atoms. The molecule has 0 radical (unpaired) electrons. The molecule has 0 saturated heterocycles. The summed E-state index contributed by atoms with van der Waals surface area (Å²) in [6.07, 6.45) is 0.787. The molecule has 0 atom stereocenters. The topological polar surface area (TPSA) is 78.9 Å². The van der Waals surface area contributed by atoms with Crippen molar-refractivity contribution in [1.82, 2.24) is 0 Å². The number of carbonyl (C=O) groups is 3. The number of ether oxygens (including phenoxy) is 3. The van der Waals surface area contributed by atoms with E-state index in [9.17, 15) is 14.4 Å². The maximum atomic E-state index is 11.0. The van der Waals surface area contributed by atoms with Crippen molar-refractivity contribution in [3.05, 3.63) is 0 Å². The minimum atomic E-state index is -1.91. The van der Waals surface area contributed by atoms with Crippen molar-refractivity contribution < 1.29 is 28.6 Å². The van der Waals surface area contributed by atoms with Crippen molar-refractivity contribution in [3.63, 3.8) is 0 Å². The van der Waals surface area contributed by atoms with Gasteiger partial charge in [0, 0.05) is 31.0 Å². The predicted octanol–water partition coefficient (Wildman–Crippen LogP) is -0.107. The van der Waals surface area contributed by atoms with Crippen LogP contribution in [0.1, 0.15) is 33.6 Å². The van der Waals surface area contributed by atoms with Gasteiger partial charge in [-0.2, -0.15) is 0 Å². The summed E-state index contributed by atoms with van der Waals surface area (Å²) in [5, 5.41) is 0. The Kier molecular flexibility index (Phi) is 6.48. The Morgan fingerprint density at radius 3 is 1.53 bits per heavy atom. The minimum absolute atomic E-state index is 0.148. The van der Waals surface area contributed by atoms with Crippen molar-refractivity contribution in [3.8, 4) is 0 Å². The summed E-state index contributed by atoms with van der Waals surface area (Å²) in [5.74, 6) is -3.95. The molecule has 0 spiro atoms. The number of carbonyl (C=O) groups excluding carboxylic acids is 3. The van der Waals surface area contributed by atoms with Crippen LogP contribution < -0.4 is 0 Å². The predicted molar refractivity (Wildman–Crippen MR) is 62.0 cm³/mol. The molecule has 0 aromatic rings. The normalized spacial score (nSPS) is 10.8. The molecule has 0 aliphatic carbocycles. The highest BCUT2D eigenvalue weighted by Gasteiger charge is 2.40. The van der Waals surface area contributed by atoms with Crippen molar-refractivity contribution >= 4 is 28.2 Å². The average Bonchev–Trinajstić information content (AvgIpc) is 2.11. The zero-order valence-corrected chi connectivity index (χ0v) is 12.6. The van der Waals surface area contributed by atoms with Gasteiger partial charge < -0.3 is 14.2 Å². The third kappa shape index (κ3) is 6.72. The largest absolute Gasteiger partial charge is 0.423 e. The lowest BCUT2D eigenvalue weighted by molar-refractivity contribution is -0.330. The Morgan fingerprint density at radius 2 is 1.29 bits per heavy atom. The van der Waals surface area contributed by atoms with E-state index in [-0.39, 0.29) is 6.42 Å². The van der Waals surface area contributed by atoms with Gasteiger partial charge in [0.15, 0.2) is 0 Å². The van der Waals surface area contributed by atoms with E-state index in [0.717, 1.165) is 37.1 Å². The third-order valence-corrected chi connectivity index (χ3v) is 2.44. The lowest BCUT2D eigenvalue weighted by Gasteiger charge is -2.30. The van der Waals surface area contributed by atoms with Crippen molar-refractivity contribution in [2.45, 2.75) is 45.6 Å². The van der Waals surface area contributed by atoms with Gasteiger partial charge in [-0.15, -0.1) is 0 Å². The van der Waals surface area contributed by atoms with Gasteiger partial charge in [-0.3, -0.25) is 14.4 Å². The molecule has 6 nitrogen and oxygen atoms in total. The van der Waals surface area contributed by atoms with Gasteiger partial charge in [-0.05, 0) is 6.42 Å². The first-order valence-electron chi connectivity index (χ1n) is 5.40. The summed E-state index contributed by atoms with van der Waals surface area (Å²) < 4.78 is 14.6. The van der Waals surface area contributed by atoms with Gasteiger partial charge in [-0.1, -0.05) is 6.04 Å². The fourth-order valence-corrected chi connectivity index (χ4v) is 1.62. The molecule has 0 fully saturated rings. The Labute approximate surface area is 103 Å². The highest BCUT2D eigenvalue weighted by atomic mass is 28.1. The van der Waals surface area contributed by atoms with Crippen LogP contribution in [0.4, 0.5) is 0 Å². The Balaban J connectivity index is 4.95. The van der Waals surface area contributed by atoms with Crippen molar-refractivity contribution in [1.29, 1.82) is 0 Å². The van der Waals surface area contributed by atoms with E-state index in [0.29, 0.717) is 6.42 Å². The first-order valence-corrected chi connectivity index (χ1v) is 6.81. The number of rotatable bonds is 6. The third-order valence-electron chi connectivity index (χ3n) is 1.73. The van der Waals surface area contributed by atoms with E-state index < -0.39 is 23.9 Å². The summed E-state index contributed by atoms with van der Waals surface area (Å²) in [4.78, 5) is 33.0. The van der Waals surface area contributed by atoms with E-state index in [1.807, 2.05) is 0 Å². The number of hydrogen-bond donors (Lipinski definition) is 0. The van der Waals surface area contributed by atoms with Gasteiger partial charge in [0.25, 0.3) is 0 Å². The van der Waals surface area contributed by atoms with Crippen LogP contribution in [0.3, 0.4) is 0 Å². The van der Waals surface area contributed by atoms with Crippen LogP contribution in [0.25, 0.3) is 0 Å². The molecule has 0 rings (SSSR count). The minimum Gasteiger partial charge on any atom is -0.388 e. The van der Waals surface area contributed by atoms with Crippen LogP contribution in [0.5, 0.6) is 0 Å². The number of esters is 3. The van der Waals surface area contributed by atoms with Gasteiger partial charge >= 0.3 is 23.9 Å². The number of hydrogen-bond acceptors (Lipinski definition) is 6. The summed E-state index contributed by atoms with van der Waals surface area (Å²) in [6, 6.07) is 0.908. The lowest BCUT2D eigenvalue weighted by atomic mass is 10.3. The molecule has 0 saturated carbocycles. The van der Waals surface area contributed by atoms with E-state index in [1.165, 1.54) is 0 Å². The molecule has 17 heavy (non-hydrogen) atoms. The van der Waals surface area contributed by atoms with E-state index in [2.05, 4.69) is 0 Å². The second-order valence-corrected chi connectivity index (χ2v) is 4.57. The molecule has 0 unspecified atom stereocenters. The highest BCUT2D eigenvalue weighted by Crippen LogP contribution is 2.24. The quantitative estimate of drug-likeness (QED) is 0.377. The molecule has 0 aliphatic rings. The fourth-order valence-electron chi connectivity index (χ4n) is 1.27. The van der Waals surface area contributed by atoms with Crippen LogP contribution in [0.2, 0.25) is 6.04 Å². The molecule has 0 amide bonds. The smallest absolute Gasteiger partial charge is 0.388 e. The summed E-state index contributed by atoms with van der Waals surface area (Å²) in [7, 11) is 0.957. The lowest BCUT2D eigenvalue weighted by Crippen LogP contribution is -2.43. The Hall–Kier alpha value is -1.37. The average molecular weight is 262 g/mol. The van der Waals surface area contributed by atoms with Crippen molar-refractivity contribution in [2.24, 2.45) is 0 Å². The maximum Gasteiger partial charge on any atom is 0.423 e. The molecule has 0 aliphatic heterocycles. The first-order chi connectivity index (χ1) is 7.81. The Bertz CT molecular complexity index is 260. The van der Waals surface area contributed by atoms with Gasteiger partial charge in [0.1, 0.15) is 0 Å². The molecule has 0 heterocycles. The van der Waals surface area contributed by atoms with Crippen LogP contribution in [0.15, 0.2) is 0 Å². The summed E-state index contributed by atoms with van der Waals surface area (Å²) in [5.41, 5.74) is 0. The Morgan fingerprint density at radius 1 is 0.941 bits per heavy atom. The van der Waals surface area contributed by atoms with Crippen LogP contribution in [-0.2, 0) is 28.6 Å². The van der Waals surface area contributed by atoms with E-state index >= 15 is 0 Å². The molecule has 98 valence electrons. The second-order valence-electron chi connectivity index (χ2n) is 3.57. The van der Waals surface area contributed by atoms with Gasteiger partial charge in [-0.25, -0.2) is 0 Å². The van der Waals surface area contributed by atoms with E-state index in [4.69, 9.17) is 14.2 Å². The monoisotopic (exact) mass is 262 g/mol. The zero-order chi connectivity index (χ0) is 13.5. The van der Waals surface area contributed by atoms with Gasteiger partial charge in [0.2, 0.25) is 0 Å². The second kappa shape index (κ2) is 7.05. The molecule has 0 aromatic carbocycles. The molecule has 7 heteroatoms. The standard InChI is InChI=1S/C10H18O6Si/c1-7(11)14-10(5-4-6-17,15-8(2)12)16-9(3)13/h4-6H2,1-3,17H3. The molecular formula is C10H18O6Si. The molecule has 0 aromatic heterocycles. The summed E-state index contributed by atoms with van der Waals surface area (Å²) >= 11 is 0. The van der Waals surface area contributed by atoms with Crippen LogP contribution >= 0.6 is 0 Å². The fraction of sp³-hybridized carbons (Fsp3) is 0.700. The molecule has 0 N–H and O–H groups in total. The van der Waals surface area contributed by atoms with Crippen LogP contribution in [-0.4, -0.2) is 34.1 Å².